The van der Waals surface area contributed by atoms with Crippen LogP contribution in [0.3, 0.4) is 0 Å². The number of hydrogen-bond donors (Lipinski definition) is 1. The second-order valence-corrected chi connectivity index (χ2v) is 4.06. The quantitative estimate of drug-likeness (QED) is 0.699. The molecule has 0 unspecified atom stereocenters. The lowest BCUT2D eigenvalue weighted by Crippen LogP contribution is -1.95. The van der Waals surface area contributed by atoms with E-state index in [1.165, 1.54) is 12.1 Å². The molecule has 0 bridgehead atoms. The Bertz CT molecular complexity index is 510. The van der Waals surface area contributed by atoms with Crippen molar-refractivity contribution < 1.29 is 4.39 Å². The molecule has 86 valence electrons. The van der Waals surface area contributed by atoms with E-state index in [1.54, 1.807) is 30.7 Å². The predicted molar refractivity (Wildman–Crippen MR) is 67.3 cm³/mol. The van der Waals surface area contributed by atoms with Gasteiger partial charge in [0.2, 0.25) is 5.95 Å². The molecular weight excluding hydrogens is 287 g/mol. The summed E-state index contributed by atoms with van der Waals surface area (Å²) in [5, 5.41) is 3.93. The van der Waals surface area contributed by atoms with Gasteiger partial charge in [0.25, 0.3) is 0 Å². The van der Waals surface area contributed by atoms with Crippen LogP contribution in [0.1, 0.15) is 5.56 Å². The number of halogens is 2. The van der Waals surface area contributed by atoms with Gasteiger partial charge in [-0.05, 0) is 33.6 Å². The van der Waals surface area contributed by atoms with E-state index >= 15 is 0 Å². The minimum absolute atomic E-state index is 0.272. The molecule has 0 aliphatic rings. The van der Waals surface area contributed by atoms with Gasteiger partial charge in [0.15, 0.2) is 0 Å². The molecule has 1 aromatic heterocycles. The summed E-state index contributed by atoms with van der Waals surface area (Å²) in [6.07, 6.45) is 4.79. The number of hydrazone groups is 1. The van der Waals surface area contributed by atoms with Crippen molar-refractivity contribution in [1.82, 2.24) is 9.97 Å². The summed E-state index contributed by atoms with van der Waals surface area (Å²) in [6.45, 7) is 0. The van der Waals surface area contributed by atoms with Crippen LogP contribution in [0.4, 0.5) is 10.3 Å². The first-order valence-corrected chi connectivity index (χ1v) is 5.55. The lowest BCUT2D eigenvalue weighted by atomic mass is 10.2. The SMILES string of the molecule is Fc1ccc(C=NNc2ncc(Br)cn2)cc1. The monoisotopic (exact) mass is 294 g/mol. The summed E-state index contributed by atoms with van der Waals surface area (Å²) in [5.41, 5.74) is 3.46. The minimum Gasteiger partial charge on any atom is -0.245 e. The number of nitrogens with zero attached hydrogens (tertiary/aromatic N) is 3. The Balaban J connectivity index is 1.97. The number of anilines is 1. The lowest BCUT2D eigenvalue weighted by molar-refractivity contribution is 0.628. The molecule has 4 nitrogen and oxygen atoms in total. The molecule has 0 aliphatic heterocycles. The number of nitrogens with one attached hydrogen (secondary N) is 1. The Kier molecular flexibility index (Phi) is 3.77. The van der Waals surface area contributed by atoms with Crippen molar-refractivity contribution in [2.75, 3.05) is 5.43 Å². The molecule has 1 N–H and O–H groups in total. The van der Waals surface area contributed by atoms with Gasteiger partial charge in [-0.2, -0.15) is 5.10 Å². The normalized spacial score (nSPS) is 10.7. The van der Waals surface area contributed by atoms with Crippen LogP contribution in [-0.2, 0) is 0 Å². The fourth-order valence-corrected chi connectivity index (χ4v) is 1.29. The molecule has 1 aromatic carbocycles. The highest BCUT2D eigenvalue weighted by Gasteiger charge is 1.93. The maximum Gasteiger partial charge on any atom is 0.243 e. The topological polar surface area (TPSA) is 50.2 Å². The van der Waals surface area contributed by atoms with Gasteiger partial charge in [-0.25, -0.2) is 19.8 Å². The number of hydrogen-bond acceptors (Lipinski definition) is 4. The number of aromatic nitrogens is 2. The average Bonchev–Trinajstić information content (AvgIpc) is 2.34. The molecule has 2 aromatic rings. The zero-order valence-corrected chi connectivity index (χ0v) is 10.2. The second-order valence-electron chi connectivity index (χ2n) is 3.15. The molecule has 0 saturated heterocycles. The Labute approximate surface area is 106 Å². The number of rotatable bonds is 3. The third kappa shape index (κ3) is 3.60. The van der Waals surface area contributed by atoms with Crippen LogP contribution in [-0.4, -0.2) is 16.2 Å². The van der Waals surface area contributed by atoms with Crippen molar-refractivity contribution in [2.45, 2.75) is 0 Å². The fraction of sp³-hybridized carbons (Fsp3) is 0. The van der Waals surface area contributed by atoms with Gasteiger partial charge in [-0.3, -0.25) is 0 Å². The minimum atomic E-state index is -0.272. The third-order valence-electron chi connectivity index (χ3n) is 1.87. The van der Waals surface area contributed by atoms with Crippen molar-refractivity contribution in [1.29, 1.82) is 0 Å². The van der Waals surface area contributed by atoms with Crippen LogP contribution in [0, 0.1) is 5.82 Å². The Morgan fingerprint density at radius 2 is 1.82 bits per heavy atom. The van der Waals surface area contributed by atoms with E-state index in [4.69, 9.17) is 0 Å². The standard InChI is InChI=1S/C11H8BrFN4/c12-9-6-14-11(15-7-9)17-16-5-8-1-3-10(13)4-2-8/h1-7H,(H,14,15,17). The van der Waals surface area contributed by atoms with Gasteiger partial charge < -0.3 is 0 Å². The van der Waals surface area contributed by atoms with E-state index in [-0.39, 0.29) is 5.82 Å². The van der Waals surface area contributed by atoms with E-state index in [1.807, 2.05) is 0 Å². The molecule has 17 heavy (non-hydrogen) atoms. The van der Waals surface area contributed by atoms with Crippen molar-refractivity contribution in [3.8, 4) is 0 Å². The molecule has 2 rings (SSSR count). The van der Waals surface area contributed by atoms with Gasteiger partial charge in [0.1, 0.15) is 5.82 Å². The molecule has 0 amide bonds. The highest BCUT2D eigenvalue weighted by molar-refractivity contribution is 9.10. The first kappa shape index (κ1) is 11.7. The van der Waals surface area contributed by atoms with Gasteiger partial charge in [-0.15, -0.1) is 0 Å². The Morgan fingerprint density at radius 1 is 1.18 bits per heavy atom. The van der Waals surface area contributed by atoms with Gasteiger partial charge in [0.05, 0.1) is 10.7 Å². The zero-order valence-electron chi connectivity index (χ0n) is 8.64. The molecule has 0 fully saturated rings. The highest BCUT2D eigenvalue weighted by Crippen LogP contribution is 2.06. The summed E-state index contributed by atoms with van der Waals surface area (Å²) in [6, 6.07) is 6.00. The van der Waals surface area contributed by atoms with E-state index < -0.39 is 0 Å². The maximum absolute atomic E-state index is 12.6. The molecule has 1 heterocycles. The van der Waals surface area contributed by atoms with Gasteiger partial charge in [0, 0.05) is 12.4 Å². The summed E-state index contributed by atoms with van der Waals surface area (Å²) < 4.78 is 13.4. The van der Waals surface area contributed by atoms with Crippen molar-refractivity contribution in [3.05, 3.63) is 52.5 Å². The first-order chi connectivity index (χ1) is 8.24. The molecule has 6 heteroatoms. The smallest absolute Gasteiger partial charge is 0.243 e. The van der Waals surface area contributed by atoms with Crippen LogP contribution < -0.4 is 5.43 Å². The molecule has 0 atom stereocenters. The Hall–Kier alpha value is -1.82. The third-order valence-corrected chi connectivity index (χ3v) is 2.28. The summed E-state index contributed by atoms with van der Waals surface area (Å²) in [4.78, 5) is 7.96. The predicted octanol–water partition coefficient (Wildman–Crippen LogP) is 2.82. The summed E-state index contributed by atoms with van der Waals surface area (Å²) in [7, 11) is 0. The van der Waals surface area contributed by atoms with E-state index in [0.29, 0.717) is 5.95 Å². The van der Waals surface area contributed by atoms with Gasteiger partial charge >= 0.3 is 0 Å². The molecular formula is C11H8BrFN4. The van der Waals surface area contributed by atoms with E-state index in [0.717, 1.165) is 10.0 Å². The van der Waals surface area contributed by atoms with E-state index in [2.05, 4.69) is 36.4 Å². The molecule has 0 spiro atoms. The van der Waals surface area contributed by atoms with Crippen molar-refractivity contribution in [2.24, 2.45) is 5.10 Å². The first-order valence-electron chi connectivity index (χ1n) is 4.76. The van der Waals surface area contributed by atoms with Crippen LogP contribution in [0.15, 0.2) is 46.2 Å². The summed E-state index contributed by atoms with van der Waals surface area (Å²) >= 11 is 3.23. The van der Waals surface area contributed by atoms with Crippen LogP contribution >= 0.6 is 15.9 Å². The fourth-order valence-electron chi connectivity index (χ4n) is 1.08. The van der Waals surface area contributed by atoms with Gasteiger partial charge in [-0.1, -0.05) is 12.1 Å². The average molecular weight is 295 g/mol. The molecule has 0 aliphatic carbocycles. The van der Waals surface area contributed by atoms with Crippen molar-refractivity contribution in [3.63, 3.8) is 0 Å². The van der Waals surface area contributed by atoms with Crippen molar-refractivity contribution >= 4 is 28.1 Å². The second kappa shape index (κ2) is 5.49. The maximum atomic E-state index is 12.6. The molecule has 0 radical (unpaired) electrons. The molecule has 0 saturated carbocycles. The summed E-state index contributed by atoms with van der Waals surface area (Å²) in [5.74, 6) is 0.123. The Morgan fingerprint density at radius 3 is 2.47 bits per heavy atom. The van der Waals surface area contributed by atoms with Crippen LogP contribution in [0.5, 0.6) is 0 Å². The lowest BCUT2D eigenvalue weighted by Gasteiger charge is -1.97. The zero-order chi connectivity index (χ0) is 12.1. The highest BCUT2D eigenvalue weighted by atomic mass is 79.9. The van der Waals surface area contributed by atoms with Crippen LogP contribution in [0.2, 0.25) is 0 Å². The largest absolute Gasteiger partial charge is 0.245 e. The number of benzene rings is 1. The van der Waals surface area contributed by atoms with E-state index in [9.17, 15) is 4.39 Å². The van der Waals surface area contributed by atoms with Crippen LogP contribution in [0.25, 0.3) is 0 Å².